The van der Waals surface area contributed by atoms with E-state index < -0.39 is 6.10 Å². The summed E-state index contributed by atoms with van der Waals surface area (Å²) in [7, 11) is 0. The number of hydrogen-bond donors (Lipinski definition) is 1. The second kappa shape index (κ2) is 3.57. The molecule has 0 amide bonds. The van der Waals surface area contributed by atoms with Gasteiger partial charge in [0.2, 0.25) is 0 Å². The third-order valence-electron chi connectivity index (χ3n) is 1.89. The van der Waals surface area contributed by atoms with Crippen molar-refractivity contribution >= 4 is 22.7 Å². The highest BCUT2D eigenvalue weighted by Gasteiger charge is 2.14. The van der Waals surface area contributed by atoms with E-state index in [0.29, 0.717) is 0 Å². The fraction of sp³-hybridized carbons (Fsp3) is 0.222. The first kappa shape index (κ1) is 8.87. The molecule has 0 saturated heterocycles. The molecule has 0 radical (unpaired) electrons. The summed E-state index contributed by atoms with van der Waals surface area (Å²) in [6.45, 7) is 1.92. The van der Waals surface area contributed by atoms with Crippen molar-refractivity contribution < 1.29 is 5.11 Å². The molecule has 4 heteroatoms. The van der Waals surface area contributed by atoms with Crippen molar-refractivity contribution in [2.75, 3.05) is 0 Å². The maximum atomic E-state index is 9.93. The Morgan fingerprint density at radius 3 is 2.92 bits per heavy atom. The summed E-state index contributed by atoms with van der Waals surface area (Å²) >= 11 is 3.09. The lowest BCUT2D eigenvalue weighted by atomic mass is 10.1. The van der Waals surface area contributed by atoms with Crippen molar-refractivity contribution in [1.82, 2.24) is 4.98 Å². The number of aliphatic hydroxyl groups excluding tert-OH is 1. The fourth-order valence-electron chi connectivity index (χ4n) is 1.16. The topological polar surface area (TPSA) is 33.1 Å². The van der Waals surface area contributed by atoms with Gasteiger partial charge in [-0.2, -0.15) is 11.3 Å². The molecular formula is C9H9NOS2. The maximum Gasteiger partial charge on any atom is 0.116 e. The van der Waals surface area contributed by atoms with Gasteiger partial charge in [-0.05, 0) is 29.3 Å². The van der Waals surface area contributed by atoms with Crippen LogP contribution in [0, 0.1) is 6.92 Å². The van der Waals surface area contributed by atoms with Gasteiger partial charge in [0, 0.05) is 0 Å². The van der Waals surface area contributed by atoms with Crippen molar-refractivity contribution in [2.45, 2.75) is 13.0 Å². The van der Waals surface area contributed by atoms with Gasteiger partial charge in [-0.15, -0.1) is 11.3 Å². The van der Waals surface area contributed by atoms with Crippen LogP contribution in [0.15, 0.2) is 22.3 Å². The van der Waals surface area contributed by atoms with Gasteiger partial charge in [-0.25, -0.2) is 4.98 Å². The van der Waals surface area contributed by atoms with E-state index in [4.69, 9.17) is 0 Å². The van der Waals surface area contributed by atoms with Crippen molar-refractivity contribution in [3.05, 3.63) is 38.5 Å². The molecule has 68 valence electrons. The third kappa shape index (κ3) is 1.65. The summed E-state index contributed by atoms with van der Waals surface area (Å²) in [4.78, 5) is 5.05. The van der Waals surface area contributed by atoms with Crippen LogP contribution in [0.4, 0.5) is 0 Å². The molecule has 0 bridgehead atoms. The first-order valence-corrected chi connectivity index (χ1v) is 5.71. The molecular weight excluding hydrogens is 202 g/mol. The number of thiophene rings is 1. The summed E-state index contributed by atoms with van der Waals surface area (Å²) in [5.41, 5.74) is 3.64. The van der Waals surface area contributed by atoms with Crippen molar-refractivity contribution in [3.63, 3.8) is 0 Å². The Morgan fingerprint density at radius 2 is 2.38 bits per heavy atom. The van der Waals surface area contributed by atoms with Gasteiger partial charge in [0.05, 0.1) is 16.1 Å². The summed E-state index contributed by atoms with van der Waals surface area (Å²) in [6.07, 6.45) is -0.501. The SMILES string of the molecule is Cc1ncsc1C(O)c1ccsc1. The average Bonchev–Trinajstić information content (AvgIpc) is 2.72. The Kier molecular flexibility index (Phi) is 2.44. The van der Waals surface area contributed by atoms with Crippen LogP contribution in [0.3, 0.4) is 0 Å². The molecule has 0 aliphatic heterocycles. The molecule has 2 aromatic rings. The lowest BCUT2D eigenvalue weighted by molar-refractivity contribution is 0.223. The monoisotopic (exact) mass is 211 g/mol. The van der Waals surface area contributed by atoms with Gasteiger partial charge in [0.15, 0.2) is 0 Å². The number of aromatic nitrogens is 1. The zero-order valence-electron chi connectivity index (χ0n) is 7.10. The van der Waals surface area contributed by atoms with E-state index in [0.717, 1.165) is 16.1 Å². The molecule has 0 aromatic carbocycles. The Labute approximate surface area is 84.5 Å². The minimum Gasteiger partial charge on any atom is -0.383 e. The standard InChI is InChI=1S/C9H9NOS2/c1-6-9(13-5-10-6)8(11)7-2-3-12-4-7/h2-5,8,11H,1H3. The first-order valence-electron chi connectivity index (χ1n) is 3.89. The average molecular weight is 211 g/mol. The molecule has 2 nitrogen and oxygen atoms in total. The predicted octanol–water partition coefficient (Wildman–Crippen LogP) is 2.59. The van der Waals surface area contributed by atoms with Gasteiger partial charge in [0.1, 0.15) is 6.10 Å². The van der Waals surface area contributed by atoms with Crippen LogP contribution in [0.2, 0.25) is 0 Å². The van der Waals surface area contributed by atoms with Crippen molar-refractivity contribution in [1.29, 1.82) is 0 Å². The molecule has 0 aliphatic rings. The van der Waals surface area contributed by atoms with Crippen LogP contribution in [0.1, 0.15) is 22.2 Å². The molecule has 1 unspecified atom stereocenters. The van der Waals surface area contributed by atoms with E-state index >= 15 is 0 Å². The van der Waals surface area contributed by atoms with Crippen LogP contribution in [-0.4, -0.2) is 10.1 Å². The minimum atomic E-state index is -0.501. The molecule has 0 fully saturated rings. The van der Waals surface area contributed by atoms with E-state index in [1.54, 1.807) is 16.8 Å². The molecule has 2 heterocycles. The highest BCUT2D eigenvalue weighted by molar-refractivity contribution is 7.10. The van der Waals surface area contributed by atoms with Gasteiger partial charge < -0.3 is 5.11 Å². The number of thiazole rings is 1. The minimum absolute atomic E-state index is 0.501. The van der Waals surface area contributed by atoms with Crippen LogP contribution in [0.25, 0.3) is 0 Å². The number of nitrogens with zero attached hydrogens (tertiary/aromatic N) is 1. The van der Waals surface area contributed by atoms with E-state index in [-0.39, 0.29) is 0 Å². The number of aliphatic hydroxyl groups is 1. The Bertz CT molecular complexity index is 380. The van der Waals surface area contributed by atoms with Gasteiger partial charge in [-0.3, -0.25) is 0 Å². The zero-order valence-corrected chi connectivity index (χ0v) is 8.73. The third-order valence-corrected chi connectivity index (χ3v) is 3.57. The Morgan fingerprint density at radius 1 is 1.54 bits per heavy atom. The second-order valence-electron chi connectivity index (χ2n) is 2.76. The molecule has 13 heavy (non-hydrogen) atoms. The lowest BCUT2D eigenvalue weighted by Crippen LogP contribution is -1.96. The van der Waals surface area contributed by atoms with Crippen LogP contribution < -0.4 is 0 Å². The van der Waals surface area contributed by atoms with Gasteiger partial charge in [-0.1, -0.05) is 0 Å². The van der Waals surface area contributed by atoms with Crippen LogP contribution in [-0.2, 0) is 0 Å². The number of aryl methyl sites for hydroxylation is 1. The quantitative estimate of drug-likeness (QED) is 0.828. The van der Waals surface area contributed by atoms with Gasteiger partial charge >= 0.3 is 0 Å². The Balaban J connectivity index is 2.33. The summed E-state index contributed by atoms with van der Waals surface area (Å²) < 4.78 is 0. The highest BCUT2D eigenvalue weighted by Crippen LogP contribution is 2.28. The lowest BCUT2D eigenvalue weighted by Gasteiger charge is -2.06. The van der Waals surface area contributed by atoms with E-state index in [1.807, 2.05) is 23.8 Å². The molecule has 1 N–H and O–H groups in total. The molecule has 1 atom stereocenters. The van der Waals surface area contributed by atoms with Gasteiger partial charge in [0.25, 0.3) is 0 Å². The summed E-state index contributed by atoms with van der Waals surface area (Å²) in [5.74, 6) is 0. The smallest absolute Gasteiger partial charge is 0.116 e. The molecule has 2 aromatic heterocycles. The number of rotatable bonds is 2. The molecule has 0 spiro atoms. The molecule has 2 rings (SSSR count). The van der Waals surface area contributed by atoms with E-state index in [9.17, 15) is 5.11 Å². The molecule has 0 saturated carbocycles. The zero-order chi connectivity index (χ0) is 9.26. The van der Waals surface area contributed by atoms with Crippen molar-refractivity contribution in [2.24, 2.45) is 0 Å². The fourth-order valence-corrected chi connectivity index (χ4v) is 2.65. The van der Waals surface area contributed by atoms with E-state index in [2.05, 4.69) is 4.98 Å². The van der Waals surface area contributed by atoms with E-state index in [1.165, 1.54) is 11.3 Å². The second-order valence-corrected chi connectivity index (χ2v) is 4.43. The van der Waals surface area contributed by atoms with Crippen LogP contribution >= 0.6 is 22.7 Å². The van der Waals surface area contributed by atoms with Crippen molar-refractivity contribution in [3.8, 4) is 0 Å². The summed E-state index contributed by atoms with van der Waals surface area (Å²) in [6, 6.07) is 1.94. The maximum absolute atomic E-state index is 9.93. The molecule has 0 aliphatic carbocycles. The Hall–Kier alpha value is -0.710. The van der Waals surface area contributed by atoms with Crippen LogP contribution in [0.5, 0.6) is 0 Å². The largest absolute Gasteiger partial charge is 0.383 e. The first-order chi connectivity index (χ1) is 6.29. The number of hydrogen-bond acceptors (Lipinski definition) is 4. The highest BCUT2D eigenvalue weighted by atomic mass is 32.1. The summed E-state index contributed by atoms with van der Waals surface area (Å²) in [5, 5.41) is 13.9. The normalized spacial score (nSPS) is 13.1. The predicted molar refractivity (Wildman–Crippen MR) is 55.2 cm³/mol.